The molecule has 4 aromatic carbocycles. The van der Waals surface area contributed by atoms with Crippen LogP contribution in [0.2, 0.25) is 0 Å². The lowest BCUT2D eigenvalue weighted by Crippen LogP contribution is -2.08. The minimum absolute atomic E-state index is 0.143. The largest absolute Gasteiger partial charge is 0.260 e. The van der Waals surface area contributed by atoms with Crippen molar-refractivity contribution in [2.45, 2.75) is 18.8 Å². The van der Waals surface area contributed by atoms with Gasteiger partial charge >= 0.3 is 0 Å². The van der Waals surface area contributed by atoms with Crippen molar-refractivity contribution in [2.24, 2.45) is 0 Å². The Morgan fingerprint density at radius 2 is 1.28 bits per heavy atom. The summed E-state index contributed by atoms with van der Waals surface area (Å²) in [7, 11) is 0. The molecule has 2 aliphatic rings. The van der Waals surface area contributed by atoms with Gasteiger partial charge in [0.1, 0.15) is 0 Å². The third-order valence-corrected chi connectivity index (χ3v) is 8.16. The molecule has 4 heteroatoms. The fourth-order valence-corrected chi connectivity index (χ4v) is 5.90. The highest BCUT2D eigenvalue weighted by molar-refractivity contribution is 5.88. The van der Waals surface area contributed by atoms with E-state index in [0.29, 0.717) is 23.9 Å². The zero-order valence-electron chi connectivity index (χ0n) is 23.4. The summed E-state index contributed by atoms with van der Waals surface area (Å²) in [5.74, 6) is 8.93. The quantitative estimate of drug-likeness (QED) is 0.206. The molecule has 2 aliphatic carbocycles. The molecule has 0 spiro atoms. The second kappa shape index (κ2) is 10.6. The van der Waals surface area contributed by atoms with E-state index in [1.807, 2.05) is 12.3 Å². The van der Waals surface area contributed by atoms with Gasteiger partial charge in [-0.15, -0.1) is 0 Å². The molecule has 0 N–H and O–H groups in total. The highest BCUT2D eigenvalue weighted by Gasteiger charge is 2.22. The molecule has 1 atom stereocenters. The summed E-state index contributed by atoms with van der Waals surface area (Å²) in [6.45, 7) is 0. The van der Waals surface area contributed by atoms with Gasteiger partial charge in [-0.05, 0) is 57.8 Å². The second-order valence-electron chi connectivity index (χ2n) is 10.9. The van der Waals surface area contributed by atoms with Crippen molar-refractivity contribution >= 4 is 33.2 Å². The van der Waals surface area contributed by atoms with E-state index in [1.165, 1.54) is 10.8 Å². The van der Waals surface area contributed by atoms with E-state index in [2.05, 4.69) is 127 Å². The number of aromatic nitrogens is 4. The first-order chi connectivity index (χ1) is 21.3. The van der Waals surface area contributed by atoms with Gasteiger partial charge in [-0.3, -0.25) is 4.98 Å². The minimum Gasteiger partial charge on any atom is -0.260 e. The van der Waals surface area contributed by atoms with Crippen molar-refractivity contribution in [3.63, 3.8) is 0 Å². The van der Waals surface area contributed by atoms with E-state index in [-0.39, 0.29) is 5.92 Å². The maximum absolute atomic E-state index is 5.03. The van der Waals surface area contributed by atoms with Crippen molar-refractivity contribution in [1.29, 1.82) is 0 Å². The first-order valence-electron chi connectivity index (χ1n) is 14.5. The zero-order chi connectivity index (χ0) is 28.6. The number of fused-ring (bicyclic) bond motifs is 3. The maximum atomic E-state index is 5.03. The molecular formula is C39H26N4. The van der Waals surface area contributed by atoms with Crippen LogP contribution >= 0.6 is 0 Å². The predicted molar refractivity (Wildman–Crippen MR) is 175 cm³/mol. The van der Waals surface area contributed by atoms with Crippen LogP contribution in [-0.4, -0.2) is 19.9 Å². The van der Waals surface area contributed by atoms with Gasteiger partial charge in [0.2, 0.25) is 0 Å². The summed E-state index contributed by atoms with van der Waals surface area (Å²) in [6, 6.07) is 33.5. The highest BCUT2D eigenvalue weighted by Crippen LogP contribution is 2.35. The standard InChI is InChI=1S/C39H26N4/c1-3-10-31-24-33(21-17-26(31)8-1)38-41-37(42-39(43-38)34-22-18-27-9-2-4-11-32(27)25-34)30-14-5-12-28(19-20-30)35-16-6-13-29-15-7-23-40-36(29)35/h1-4,6-11,13,15,17-25,35H,14,16H2. The molecule has 0 aliphatic heterocycles. The smallest absolute Gasteiger partial charge is 0.164 e. The van der Waals surface area contributed by atoms with Crippen molar-refractivity contribution in [3.05, 3.63) is 144 Å². The number of allylic oxidation sites excluding steroid dienone is 5. The van der Waals surface area contributed by atoms with Crippen LogP contribution in [0.1, 0.15) is 35.8 Å². The lowest BCUT2D eigenvalue weighted by atomic mass is 9.85. The Bertz CT molecular complexity index is 2110. The summed E-state index contributed by atoms with van der Waals surface area (Å²) in [5.41, 5.74) is 6.20. The van der Waals surface area contributed by atoms with Gasteiger partial charge in [0.05, 0.1) is 5.69 Å². The van der Waals surface area contributed by atoms with Crippen LogP contribution in [0.4, 0.5) is 0 Å². The van der Waals surface area contributed by atoms with E-state index in [0.717, 1.165) is 50.7 Å². The molecule has 0 fully saturated rings. The lowest BCUT2D eigenvalue weighted by molar-refractivity contribution is 0.787. The summed E-state index contributed by atoms with van der Waals surface area (Å²) in [6.07, 6.45) is 11.9. The van der Waals surface area contributed by atoms with E-state index < -0.39 is 0 Å². The average molecular weight is 551 g/mol. The highest BCUT2D eigenvalue weighted by atomic mass is 15.0. The van der Waals surface area contributed by atoms with Gasteiger partial charge in [0.15, 0.2) is 17.5 Å². The van der Waals surface area contributed by atoms with Crippen LogP contribution in [0.25, 0.3) is 56.0 Å². The van der Waals surface area contributed by atoms with E-state index in [1.54, 1.807) is 0 Å². The minimum atomic E-state index is 0.143. The average Bonchev–Trinajstić information content (AvgIpc) is 3.34. The molecule has 8 rings (SSSR count). The summed E-state index contributed by atoms with van der Waals surface area (Å²) >= 11 is 0. The maximum Gasteiger partial charge on any atom is 0.164 e. The molecule has 1 unspecified atom stereocenters. The second-order valence-corrected chi connectivity index (χ2v) is 10.9. The number of pyridine rings is 1. The number of rotatable bonds is 4. The van der Waals surface area contributed by atoms with Crippen LogP contribution in [0.15, 0.2) is 127 Å². The summed E-state index contributed by atoms with van der Waals surface area (Å²) in [5, 5.41) is 4.67. The van der Waals surface area contributed by atoms with Crippen LogP contribution in [-0.2, 0) is 0 Å². The number of hydrogen-bond donors (Lipinski definition) is 0. The SMILES string of the molecule is C1#CC(C2CC=Cc3cccnc32)=CC=C(c2nc(-c3ccc4ccccc4c3)nc(-c3ccc4ccccc4c3)n2)C1. The van der Waals surface area contributed by atoms with E-state index in [9.17, 15) is 0 Å². The zero-order valence-corrected chi connectivity index (χ0v) is 23.4. The fraction of sp³-hybridized carbons (Fsp3) is 0.0769. The molecule has 4 nitrogen and oxygen atoms in total. The van der Waals surface area contributed by atoms with Crippen molar-refractivity contribution in [2.75, 3.05) is 0 Å². The first-order valence-corrected chi connectivity index (χ1v) is 14.5. The number of nitrogens with zero attached hydrogens (tertiary/aromatic N) is 4. The molecule has 0 saturated heterocycles. The lowest BCUT2D eigenvalue weighted by Gasteiger charge is -2.20. The molecule has 2 heterocycles. The van der Waals surface area contributed by atoms with Gasteiger partial charge in [0, 0.05) is 40.8 Å². The normalized spacial score (nSPS) is 15.7. The first kappa shape index (κ1) is 25.1. The molecule has 43 heavy (non-hydrogen) atoms. The van der Waals surface area contributed by atoms with Gasteiger partial charge in [-0.25, -0.2) is 15.0 Å². The van der Waals surface area contributed by atoms with Crippen molar-refractivity contribution in [1.82, 2.24) is 19.9 Å². The fourth-order valence-electron chi connectivity index (χ4n) is 5.90. The van der Waals surface area contributed by atoms with Gasteiger partial charge < -0.3 is 0 Å². The topological polar surface area (TPSA) is 51.6 Å². The molecule has 6 aromatic rings. The van der Waals surface area contributed by atoms with Crippen molar-refractivity contribution < 1.29 is 0 Å². The van der Waals surface area contributed by atoms with Crippen LogP contribution in [0, 0.1) is 11.8 Å². The van der Waals surface area contributed by atoms with Gasteiger partial charge in [-0.2, -0.15) is 0 Å². The van der Waals surface area contributed by atoms with Gasteiger partial charge in [-0.1, -0.05) is 109 Å². The molecule has 0 bridgehead atoms. The van der Waals surface area contributed by atoms with Gasteiger partial charge in [0.25, 0.3) is 0 Å². The van der Waals surface area contributed by atoms with Crippen LogP contribution < -0.4 is 0 Å². The third kappa shape index (κ3) is 4.81. The predicted octanol–water partition coefficient (Wildman–Crippen LogP) is 8.82. The van der Waals surface area contributed by atoms with Crippen LogP contribution in [0.3, 0.4) is 0 Å². The Balaban J connectivity index is 1.25. The van der Waals surface area contributed by atoms with Crippen LogP contribution in [0.5, 0.6) is 0 Å². The number of hydrogen-bond acceptors (Lipinski definition) is 4. The summed E-state index contributed by atoms with van der Waals surface area (Å²) < 4.78 is 0. The molecule has 2 aromatic heterocycles. The Kier molecular flexibility index (Phi) is 6.20. The van der Waals surface area contributed by atoms with Crippen molar-refractivity contribution in [3.8, 4) is 34.6 Å². The Morgan fingerprint density at radius 1 is 0.628 bits per heavy atom. The van der Waals surface area contributed by atoms with E-state index in [4.69, 9.17) is 19.9 Å². The molecule has 202 valence electrons. The summed E-state index contributed by atoms with van der Waals surface area (Å²) in [4.78, 5) is 19.8. The monoisotopic (exact) mass is 550 g/mol. The molecule has 0 radical (unpaired) electrons. The Hall–Kier alpha value is -5.66. The Labute approximate surface area is 250 Å². The Morgan fingerprint density at radius 3 is 1.98 bits per heavy atom. The van der Waals surface area contributed by atoms with E-state index >= 15 is 0 Å². The number of benzene rings is 4. The third-order valence-electron chi connectivity index (χ3n) is 8.16. The molecular weight excluding hydrogens is 524 g/mol. The molecule has 0 saturated carbocycles. The molecule has 0 amide bonds.